The summed E-state index contributed by atoms with van der Waals surface area (Å²) in [6, 6.07) is 63.6. The van der Waals surface area contributed by atoms with Gasteiger partial charge in [-0.1, -0.05) is 133 Å². The van der Waals surface area contributed by atoms with Gasteiger partial charge >= 0.3 is 0 Å². The SMILES string of the molecule is Cc1cc(-n2c3ccccc3c3cc4c5ccccc5n(-c5ccccc5)c4cc32)c2oc3ccccc3c2c1-c1nc(-c2ccccc2)nc(-c2ccccc2)n1. The molecule has 0 spiro atoms. The summed E-state index contributed by atoms with van der Waals surface area (Å²) in [4.78, 5) is 15.4. The molecular weight excluding hydrogens is 711 g/mol. The Morgan fingerprint density at radius 3 is 1.55 bits per heavy atom. The van der Waals surface area contributed by atoms with Crippen molar-refractivity contribution in [3.63, 3.8) is 0 Å². The van der Waals surface area contributed by atoms with Crippen LogP contribution in [0.25, 0.3) is 111 Å². The minimum Gasteiger partial charge on any atom is -0.454 e. The van der Waals surface area contributed by atoms with Crippen molar-refractivity contribution in [1.82, 2.24) is 24.1 Å². The van der Waals surface area contributed by atoms with E-state index in [1.807, 2.05) is 72.8 Å². The number of aromatic nitrogens is 5. The van der Waals surface area contributed by atoms with Crippen LogP contribution in [0.3, 0.4) is 0 Å². The standard InChI is InChI=1S/C52H33N5O/c1-32-29-45(57-42-27-15-12-24-37(42)40-30-39-36-23-11-14-26-41(36)56(43(39)31-44(40)57)35-21-9-4-10-22-35)49-48(38-25-13-16-28-46(38)58-49)47(32)52-54-50(33-17-5-2-6-18-33)53-51(55-52)34-19-7-3-8-20-34/h2-31H,1H3. The van der Waals surface area contributed by atoms with Gasteiger partial charge in [0.25, 0.3) is 0 Å². The minimum atomic E-state index is 0.601. The van der Waals surface area contributed by atoms with Crippen LogP contribution < -0.4 is 0 Å². The van der Waals surface area contributed by atoms with E-state index in [0.717, 1.165) is 72.1 Å². The van der Waals surface area contributed by atoms with Crippen LogP contribution >= 0.6 is 0 Å². The molecule has 6 heteroatoms. The fraction of sp³-hybridized carbons (Fsp3) is 0.0192. The van der Waals surface area contributed by atoms with Gasteiger partial charge in [0.05, 0.1) is 27.8 Å². The number of furan rings is 1. The Hall–Kier alpha value is -7.83. The van der Waals surface area contributed by atoms with Crippen molar-refractivity contribution < 1.29 is 4.42 Å². The van der Waals surface area contributed by atoms with Gasteiger partial charge in [-0.15, -0.1) is 0 Å². The first-order valence-corrected chi connectivity index (χ1v) is 19.5. The Kier molecular flexibility index (Phi) is 7.04. The zero-order valence-electron chi connectivity index (χ0n) is 31.5. The second kappa shape index (κ2) is 12.6. The van der Waals surface area contributed by atoms with Gasteiger partial charge < -0.3 is 13.6 Å². The van der Waals surface area contributed by atoms with Gasteiger partial charge in [-0.3, -0.25) is 0 Å². The number of para-hydroxylation sites is 4. The summed E-state index contributed by atoms with van der Waals surface area (Å²) in [6.07, 6.45) is 0. The number of benzene rings is 8. The number of aryl methyl sites for hydroxylation is 1. The topological polar surface area (TPSA) is 61.7 Å². The Morgan fingerprint density at radius 1 is 0.414 bits per heavy atom. The molecule has 0 saturated heterocycles. The molecule has 0 unspecified atom stereocenters. The fourth-order valence-electron chi connectivity index (χ4n) is 8.93. The van der Waals surface area contributed by atoms with Crippen molar-refractivity contribution in [2.75, 3.05) is 0 Å². The summed E-state index contributed by atoms with van der Waals surface area (Å²) in [5.74, 6) is 1.84. The average Bonchev–Trinajstić information content (AvgIpc) is 3.94. The van der Waals surface area contributed by atoms with Crippen molar-refractivity contribution in [2.45, 2.75) is 6.92 Å². The Bertz CT molecular complexity index is 3510. The molecule has 272 valence electrons. The molecule has 12 aromatic rings. The first kappa shape index (κ1) is 32.4. The number of nitrogens with zero attached hydrogens (tertiary/aromatic N) is 5. The molecule has 0 N–H and O–H groups in total. The van der Waals surface area contributed by atoms with Gasteiger partial charge in [-0.2, -0.15) is 0 Å². The molecule has 0 radical (unpaired) electrons. The molecule has 4 heterocycles. The first-order chi connectivity index (χ1) is 28.7. The zero-order chi connectivity index (χ0) is 38.3. The van der Waals surface area contributed by atoms with Crippen LogP contribution in [-0.4, -0.2) is 24.1 Å². The third-order valence-corrected chi connectivity index (χ3v) is 11.5. The second-order valence-electron chi connectivity index (χ2n) is 14.9. The summed E-state index contributed by atoms with van der Waals surface area (Å²) in [5, 5.41) is 6.78. The maximum Gasteiger partial charge on any atom is 0.165 e. The lowest BCUT2D eigenvalue weighted by Gasteiger charge is -2.15. The highest BCUT2D eigenvalue weighted by Gasteiger charge is 2.26. The van der Waals surface area contributed by atoms with Crippen molar-refractivity contribution in [3.05, 3.63) is 188 Å². The largest absolute Gasteiger partial charge is 0.454 e. The van der Waals surface area contributed by atoms with E-state index in [0.29, 0.717) is 17.5 Å². The van der Waals surface area contributed by atoms with Crippen molar-refractivity contribution >= 4 is 65.6 Å². The van der Waals surface area contributed by atoms with Crippen molar-refractivity contribution in [3.8, 4) is 45.5 Å². The molecule has 0 bridgehead atoms. The first-order valence-electron chi connectivity index (χ1n) is 19.5. The maximum absolute atomic E-state index is 6.98. The van der Waals surface area contributed by atoms with E-state index in [2.05, 4.69) is 125 Å². The number of hydrogen-bond acceptors (Lipinski definition) is 4. The lowest BCUT2D eigenvalue weighted by Crippen LogP contribution is -2.03. The summed E-state index contributed by atoms with van der Waals surface area (Å²) >= 11 is 0. The number of hydrogen-bond donors (Lipinski definition) is 0. The molecule has 0 aliphatic carbocycles. The summed E-state index contributed by atoms with van der Waals surface area (Å²) < 4.78 is 11.8. The lowest BCUT2D eigenvalue weighted by molar-refractivity contribution is 0.666. The summed E-state index contributed by atoms with van der Waals surface area (Å²) in [6.45, 7) is 2.16. The molecule has 6 nitrogen and oxygen atoms in total. The van der Waals surface area contributed by atoms with Gasteiger partial charge in [-0.25, -0.2) is 15.0 Å². The highest BCUT2D eigenvalue weighted by molar-refractivity contribution is 6.21. The van der Waals surface area contributed by atoms with Gasteiger partial charge in [0.2, 0.25) is 0 Å². The Morgan fingerprint density at radius 2 is 0.914 bits per heavy atom. The molecule has 0 aliphatic rings. The smallest absolute Gasteiger partial charge is 0.165 e. The van der Waals surface area contributed by atoms with Crippen LogP contribution in [0, 0.1) is 6.92 Å². The van der Waals surface area contributed by atoms with Crippen LogP contribution in [0.2, 0.25) is 0 Å². The number of rotatable bonds is 5. The molecule has 4 aromatic heterocycles. The quantitative estimate of drug-likeness (QED) is 0.176. The third kappa shape index (κ3) is 4.82. The molecule has 0 atom stereocenters. The van der Waals surface area contributed by atoms with Crippen molar-refractivity contribution in [2.24, 2.45) is 0 Å². The molecule has 8 aromatic carbocycles. The van der Waals surface area contributed by atoms with E-state index in [4.69, 9.17) is 19.4 Å². The molecular formula is C52H33N5O. The van der Waals surface area contributed by atoms with Crippen LogP contribution in [0.5, 0.6) is 0 Å². The van der Waals surface area contributed by atoms with Crippen LogP contribution in [-0.2, 0) is 0 Å². The average molecular weight is 744 g/mol. The van der Waals surface area contributed by atoms with E-state index in [1.54, 1.807) is 0 Å². The van der Waals surface area contributed by atoms with E-state index < -0.39 is 0 Å². The maximum atomic E-state index is 6.98. The highest BCUT2D eigenvalue weighted by atomic mass is 16.3. The van der Waals surface area contributed by atoms with Gasteiger partial charge in [0, 0.05) is 54.7 Å². The number of fused-ring (bicyclic) bond motifs is 9. The van der Waals surface area contributed by atoms with Gasteiger partial charge in [0.1, 0.15) is 5.58 Å². The highest BCUT2D eigenvalue weighted by Crippen LogP contribution is 2.45. The molecule has 58 heavy (non-hydrogen) atoms. The summed E-state index contributed by atoms with van der Waals surface area (Å²) in [5.41, 5.74) is 12.0. The lowest BCUT2D eigenvalue weighted by atomic mass is 9.99. The van der Waals surface area contributed by atoms with Crippen LogP contribution in [0.1, 0.15) is 5.56 Å². The Balaban J connectivity index is 1.19. The van der Waals surface area contributed by atoms with Gasteiger partial charge in [0.15, 0.2) is 23.1 Å². The molecule has 0 fully saturated rings. The predicted molar refractivity (Wildman–Crippen MR) is 237 cm³/mol. The molecule has 0 saturated carbocycles. The summed E-state index contributed by atoms with van der Waals surface area (Å²) in [7, 11) is 0. The van der Waals surface area contributed by atoms with E-state index >= 15 is 0 Å². The van der Waals surface area contributed by atoms with Gasteiger partial charge in [-0.05, 0) is 61.0 Å². The Labute approximate surface area is 332 Å². The molecule has 12 rings (SSSR count). The van der Waals surface area contributed by atoms with E-state index in [1.165, 1.54) is 27.1 Å². The normalized spacial score (nSPS) is 11.9. The second-order valence-corrected chi connectivity index (χ2v) is 14.9. The zero-order valence-corrected chi connectivity index (χ0v) is 31.5. The fourth-order valence-corrected chi connectivity index (χ4v) is 8.93. The molecule has 0 amide bonds. The third-order valence-electron chi connectivity index (χ3n) is 11.5. The van der Waals surface area contributed by atoms with E-state index in [9.17, 15) is 0 Å². The van der Waals surface area contributed by atoms with E-state index in [-0.39, 0.29) is 0 Å². The monoisotopic (exact) mass is 743 g/mol. The molecule has 0 aliphatic heterocycles. The van der Waals surface area contributed by atoms with Crippen LogP contribution in [0.15, 0.2) is 186 Å². The van der Waals surface area contributed by atoms with Crippen LogP contribution in [0.4, 0.5) is 0 Å². The van der Waals surface area contributed by atoms with Crippen molar-refractivity contribution in [1.29, 1.82) is 0 Å². The predicted octanol–water partition coefficient (Wildman–Crippen LogP) is 13.3. The minimum absolute atomic E-state index is 0.601.